The topological polar surface area (TPSA) is 9.23 Å². The van der Waals surface area contributed by atoms with Crippen LogP contribution in [0.4, 0.5) is 0 Å². The van der Waals surface area contributed by atoms with Gasteiger partial charge in [0, 0.05) is 6.61 Å². The highest BCUT2D eigenvalue weighted by atomic mass is 16.5. The number of rotatable bonds is 5. The summed E-state index contributed by atoms with van der Waals surface area (Å²) in [4.78, 5) is 0. The average Bonchev–Trinajstić information content (AvgIpc) is 2.61. The van der Waals surface area contributed by atoms with Crippen LogP contribution in [0.15, 0.2) is 84.9 Å². The molecular weight excluding hydrogens is 268 g/mol. The number of ether oxygens (including phenoxy) is 1. The second kappa shape index (κ2) is 7.06. The van der Waals surface area contributed by atoms with E-state index in [1.807, 2.05) is 19.1 Å². The van der Waals surface area contributed by atoms with Crippen molar-refractivity contribution in [3.05, 3.63) is 96.1 Å². The molecule has 0 radical (unpaired) electrons. The molecule has 1 unspecified atom stereocenters. The van der Waals surface area contributed by atoms with Gasteiger partial charge in [0.2, 0.25) is 0 Å². The van der Waals surface area contributed by atoms with Crippen LogP contribution < -0.4 is 0 Å². The molecule has 3 aromatic rings. The minimum Gasteiger partial charge on any atom is -0.369 e. The summed E-state index contributed by atoms with van der Waals surface area (Å²) in [5.74, 6) is 0. The van der Waals surface area contributed by atoms with Gasteiger partial charge in [-0.3, -0.25) is 0 Å². The summed E-state index contributed by atoms with van der Waals surface area (Å²) < 4.78 is 5.96. The van der Waals surface area contributed by atoms with Crippen molar-refractivity contribution in [3.63, 3.8) is 0 Å². The summed E-state index contributed by atoms with van der Waals surface area (Å²) in [6.07, 6.45) is -0.00368. The maximum Gasteiger partial charge on any atom is 0.108 e. The van der Waals surface area contributed by atoms with Crippen molar-refractivity contribution in [2.45, 2.75) is 13.0 Å². The second-order valence-corrected chi connectivity index (χ2v) is 5.23. The van der Waals surface area contributed by atoms with Crippen molar-refractivity contribution in [1.29, 1.82) is 0 Å². The fourth-order valence-electron chi connectivity index (χ4n) is 2.66. The van der Waals surface area contributed by atoms with Gasteiger partial charge in [0.05, 0.1) is 0 Å². The van der Waals surface area contributed by atoms with Gasteiger partial charge in [-0.25, -0.2) is 0 Å². The van der Waals surface area contributed by atoms with E-state index in [9.17, 15) is 0 Å². The molecule has 3 aromatic carbocycles. The van der Waals surface area contributed by atoms with Crippen LogP contribution in [-0.2, 0) is 4.74 Å². The van der Waals surface area contributed by atoms with E-state index in [1.165, 1.54) is 22.3 Å². The first-order valence-electron chi connectivity index (χ1n) is 7.70. The Bertz CT molecular complexity index is 687. The van der Waals surface area contributed by atoms with Crippen LogP contribution in [0.2, 0.25) is 0 Å². The van der Waals surface area contributed by atoms with Gasteiger partial charge in [0.15, 0.2) is 0 Å². The van der Waals surface area contributed by atoms with E-state index in [0.29, 0.717) is 6.61 Å². The molecule has 0 saturated carbocycles. The normalized spacial score (nSPS) is 12.0. The van der Waals surface area contributed by atoms with Crippen molar-refractivity contribution >= 4 is 0 Å². The molecule has 0 N–H and O–H groups in total. The maximum absolute atomic E-state index is 5.96. The molecule has 0 saturated heterocycles. The van der Waals surface area contributed by atoms with Crippen LogP contribution in [0.3, 0.4) is 0 Å². The lowest BCUT2D eigenvalue weighted by molar-refractivity contribution is 0.0913. The summed E-state index contributed by atoms with van der Waals surface area (Å²) in [6.45, 7) is 2.73. The number of hydrogen-bond donors (Lipinski definition) is 0. The van der Waals surface area contributed by atoms with Crippen molar-refractivity contribution in [2.24, 2.45) is 0 Å². The van der Waals surface area contributed by atoms with E-state index in [0.717, 1.165) is 0 Å². The van der Waals surface area contributed by atoms with Gasteiger partial charge in [-0.05, 0) is 29.2 Å². The van der Waals surface area contributed by atoms with Gasteiger partial charge in [0.25, 0.3) is 0 Å². The monoisotopic (exact) mass is 288 g/mol. The van der Waals surface area contributed by atoms with E-state index < -0.39 is 0 Å². The predicted octanol–water partition coefficient (Wildman–Crippen LogP) is 5.48. The Morgan fingerprint density at radius 1 is 0.636 bits per heavy atom. The standard InChI is InChI=1S/C21H20O/c1-2-22-21(19-11-7-4-8-12-19)20-15-13-18(14-16-20)17-9-5-3-6-10-17/h3-16,21H,2H2,1H3. The first-order chi connectivity index (χ1) is 10.9. The van der Waals surface area contributed by atoms with Gasteiger partial charge < -0.3 is 4.74 Å². The molecule has 1 atom stereocenters. The largest absolute Gasteiger partial charge is 0.369 e. The SMILES string of the molecule is CCOC(c1ccccc1)c1ccc(-c2ccccc2)cc1. The molecule has 1 heteroatoms. The van der Waals surface area contributed by atoms with E-state index in [1.54, 1.807) is 0 Å². The van der Waals surface area contributed by atoms with E-state index in [-0.39, 0.29) is 6.10 Å². The molecule has 0 aliphatic rings. The van der Waals surface area contributed by atoms with Gasteiger partial charge >= 0.3 is 0 Å². The summed E-state index contributed by atoms with van der Waals surface area (Å²) in [5.41, 5.74) is 4.85. The minimum atomic E-state index is -0.00368. The van der Waals surface area contributed by atoms with Crippen LogP contribution in [0, 0.1) is 0 Å². The zero-order valence-electron chi connectivity index (χ0n) is 12.8. The third-order valence-corrected chi connectivity index (χ3v) is 3.76. The Morgan fingerprint density at radius 3 is 1.73 bits per heavy atom. The summed E-state index contributed by atoms with van der Waals surface area (Å²) in [7, 11) is 0. The molecule has 0 amide bonds. The molecule has 0 spiro atoms. The molecule has 0 fully saturated rings. The Morgan fingerprint density at radius 2 is 1.14 bits per heavy atom. The van der Waals surface area contributed by atoms with Crippen LogP contribution in [0.5, 0.6) is 0 Å². The van der Waals surface area contributed by atoms with E-state index in [4.69, 9.17) is 4.74 Å². The Hall–Kier alpha value is -2.38. The summed E-state index contributed by atoms with van der Waals surface area (Å²) >= 11 is 0. The van der Waals surface area contributed by atoms with Crippen molar-refractivity contribution in [3.8, 4) is 11.1 Å². The molecule has 0 aliphatic carbocycles. The van der Waals surface area contributed by atoms with Crippen molar-refractivity contribution < 1.29 is 4.74 Å². The lowest BCUT2D eigenvalue weighted by Crippen LogP contribution is -2.05. The number of benzene rings is 3. The minimum absolute atomic E-state index is 0.00368. The maximum atomic E-state index is 5.96. The fourth-order valence-corrected chi connectivity index (χ4v) is 2.66. The van der Waals surface area contributed by atoms with Crippen LogP contribution in [-0.4, -0.2) is 6.61 Å². The fraction of sp³-hybridized carbons (Fsp3) is 0.143. The lowest BCUT2D eigenvalue weighted by atomic mass is 9.98. The van der Waals surface area contributed by atoms with Crippen molar-refractivity contribution in [1.82, 2.24) is 0 Å². The Kier molecular flexibility index (Phi) is 4.67. The molecule has 0 heterocycles. The first kappa shape index (κ1) is 14.6. The zero-order chi connectivity index (χ0) is 15.2. The van der Waals surface area contributed by atoms with Gasteiger partial charge in [0.1, 0.15) is 6.10 Å². The second-order valence-electron chi connectivity index (χ2n) is 5.23. The van der Waals surface area contributed by atoms with Crippen LogP contribution in [0.25, 0.3) is 11.1 Å². The molecule has 0 bridgehead atoms. The Labute approximate surface area is 132 Å². The van der Waals surface area contributed by atoms with Gasteiger partial charge in [-0.1, -0.05) is 84.9 Å². The van der Waals surface area contributed by atoms with Crippen LogP contribution >= 0.6 is 0 Å². The molecule has 0 aromatic heterocycles. The smallest absolute Gasteiger partial charge is 0.108 e. The van der Waals surface area contributed by atoms with Gasteiger partial charge in [-0.15, -0.1) is 0 Å². The highest BCUT2D eigenvalue weighted by Gasteiger charge is 2.13. The van der Waals surface area contributed by atoms with E-state index in [2.05, 4.69) is 72.8 Å². The molecular formula is C21H20O. The molecule has 1 nitrogen and oxygen atoms in total. The number of hydrogen-bond acceptors (Lipinski definition) is 1. The lowest BCUT2D eigenvalue weighted by Gasteiger charge is -2.18. The average molecular weight is 288 g/mol. The van der Waals surface area contributed by atoms with Crippen molar-refractivity contribution in [2.75, 3.05) is 6.61 Å². The van der Waals surface area contributed by atoms with E-state index >= 15 is 0 Å². The molecule has 110 valence electrons. The quantitative estimate of drug-likeness (QED) is 0.604. The summed E-state index contributed by atoms with van der Waals surface area (Å²) in [6, 6.07) is 29.5. The Balaban J connectivity index is 1.90. The molecule has 22 heavy (non-hydrogen) atoms. The zero-order valence-corrected chi connectivity index (χ0v) is 12.8. The summed E-state index contributed by atoms with van der Waals surface area (Å²) in [5, 5.41) is 0. The van der Waals surface area contributed by atoms with Crippen LogP contribution in [0.1, 0.15) is 24.2 Å². The third kappa shape index (κ3) is 3.26. The van der Waals surface area contributed by atoms with Gasteiger partial charge in [-0.2, -0.15) is 0 Å². The highest BCUT2D eigenvalue weighted by Crippen LogP contribution is 2.28. The predicted molar refractivity (Wildman–Crippen MR) is 91.8 cm³/mol. The molecule has 0 aliphatic heterocycles. The molecule has 3 rings (SSSR count). The highest BCUT2D eigenvalue weighted by molar-refractivity contribution is 5.63. The third-order valence-electron chi connectivity index (χ3n) is 3.76. The first-order valence-corrected chi connectivity index (χ1v) is 7.70.